The van der Waals surface area contributed by atoms with Crippen LogP contribution in [0.1, 0.15) is 31.9 Å². The minimum atomic E-state index is -0.466. The molecule has 2 rings (SSSR count). The van der Waals surface area contributed by atoms with Crippen LogP contribution < -0.4 is 5.32 Å². The van der Waals surface area contributed by atoms with Crippen LogP contribution in [0.4, 0.5) is 11.5 Å². The van der Waals surface area contributed by atoms with Crippen molar-refractivity contribution in [3.63, 3.8) is 0 Å². The Morgan fingerprint density at radius 2 is 2.21 bits per heavy atom. The van der Waals surface area contributed by atoms with Gasteiger partial charge in [-0.15, -0.1) is 0 Å². The highest BCUT2D eigenvalue weighted by atomic mass is 35.5. The topological polar surface area (TPSA) is 81.0 Å². The van der Waals surface area contributed by atoms with Gasteiger partial charge in [0.15, 0.2) is 0 Å². The molecule has 1 aromatic heterocycles. The first kappa shape index (κ1) is 14.0. The molecule has 1 aromatic rings. The molecular weight excluding hydrogens is 268 g/mol. The molecule has 1 N–H and O–H groups in total. The fourth-order valence-electron chi connectivity index (χ4n) is 2.63. The second-order valence-electron chi connectivity index (χ2n) is 5.08. The van der Waals surface area contributed by atoms with Crippen molar-refractivity contribution in [2.45, 2.75) is 33.1 Å². The third kappa shape index (κ3) is 3.12. The van der Waals surface area contributed by atoms with Gasteiger partial charge in [-0.2, -0.15) is 4.98 Å². The molecule has 1 aliphatic carbocycles. The third-order valence-corrected chi connectivity index (χ3v) is 3.95. The number of hydrogen-bond donors (Lipinski definition) is 1. The zero-order valence-corrected chi connectivity index (χ0v) is 11.8. The van der Waals surface area contributed by atoms with Gasteiger partial charge in [-0.3, -0.25) is 10.1 Å². The van der Waals surface area contributed by atoms with E-state index in [-0.39, 0.29) is 22.5 Å². The van der Waals surface area contributed by atoms with Gasteiger partial charge < -0.3 is 5.32 Å². The molecule has 1 aliphatic rings. The molecule has 0 bridgehead atoms. The number of nitro groups is 1. The van der Waals surface area contributed by atoms with Crippen LogP contribution in [0.15, 0.2) is 0 Å². The Balaban J connectivity index is 2.17. The maximum atomic E-state index is 11.1. The summed E-state index contributed by atoms with van der Waals surface area (Å²) >= 11 is 5.77. The van der Waals surface area contributed by atoms with E-state index in [1.807, 2.05) is 0 Å². The molecule has 0 saturated heterocycles. The van der Waals surface area contributed by atoms with Crippen molar-refractivity contribution in [1.29, 1.82) is 0 Å². The van der Waals surface area contributed by atoms with Crippen LogP contribution in [0.3, 0.4) is 0 Å². The van der Waals surface area contributed by atoms with E-state index in [2.05, 4.69) is 22.2 Å². The number of rotatable bonds is 4. The van der Waals surface area contributed by atoms with E-state index in [0.717, 1.165) is 6.42 Å². The first-order chi connectivity index (χ1) is 8.99. The number of halogens is 1. The number of anilines is 1. The molecule has 1 saturated carbocycles. The molecule has 2 unspecified atom stereocenters. The van der Waals surface area contributed by atoms with Crippen molar-refractivity contribution >= 4 is 23.1 Å². The van der Waals surface area contributed by atoms with Gasteiger partial charge in [-0.1, -0.05) is 19.8 Å². The maximum Gasteiger partial charge on any atom is 0.332 e. The molecule has 104 valence electrons. The Morgan fingerprint density at radius 3 is 2.79 bits per heavy atom. The van der Waals surface area contributed by atoms with Crippen LogP contribution in [-0.4, -0.2) is 21.4 Å². The lowest BCUT2D eigenvalue weighted by atomic mass is 9.98. The lowest BCUT2D eigenvalue weighted by molar-refractivity contribution is -0.385. The van der Waals surface area contributed by atoms with Gasteiger partial charge >= 0.3 is 5.69 Å². The SMILES string of the molecule is Cc1nc(Cl)nc(NCC2CCCC2C)c1[N+](=O)[O-]. The number of nitrogens with zero attached hydrogens (tertiary/aromatic N) is 3. The van der Waals surface area contributed by atoms with Crippen LogP contribution in [-0.2, 0) is 0 Å². The molecule has 1 fully saturated rings. The van der Waals surface area contributed by atoms with Gasteiger partial charge in [0.2, 0.25) is 11.1 Å². The maximum absolute atomic E-state index is 11.1. The predicted octanol–water partition coefficient (Wildman–Crippen LogP) is 3.19. The quantitative estimate of drug-likeness (QED) is 0.522. The molecule has 7 heteroatoms. The van der Waals surface area contributed by atoms with Crippen LogP contribution in [0.5, 0.6) is 0 Å². The van der Waals surface area contributed by atoms with Crippen LogP contribution >= 0.6 is 11.6 Å². The Bertz CT molecular complexity index is 495. The summed E-state index contributed by atoms with van der Waals surface area (Å²) in [5.74, 6) is 1.40. The molecule has 1 heterocycles. The zero-order chi connectivity index (χ0) is 14.0. The first-order valence-corrected chi connectivity index (χ1v) is 6.79. The monoisotopic (exact) mass is 284 g/mol. The summed E-state index contributed by atoms with van der Waals surface area (Å²) < 4.78 is 0. The van der Waals surface area contributed by atoms with Gasteiger partial charge in [-0.25, -0.2) is 4.98 Å². The van der Waals surface area contributed by atoms with Crippen molar-refractivity contribution < 1.29 is 4.92 Å². The van der Waals surface area contributed by atoms with Gasteiger partial charge in [-0.05, 0) is 36.8 Å². The standard InChI is InChI=1S/C12H17ClN4O2/c1-7-4-3-5-9(7)6-14-11-10(17(18)19)8(2)15-12(13)16-11/h7,9H,3-6H2,1-2H3,(H,14,15,16). The van der Waals surface area contributed by atoms with Crippen molar-refractivity contribution in [2.24, 2.45) is 11.8 Å². The summed E-state index contributed by atoms with van der Waals surface area (Å²) in [6.45, 7) is 4.47. The van der Waals surface area contributed by atoms with E-state index in [1.165, 1.54) is 12.8 Å². The molecule has 0 spiro atoms. The minimum absolute atomic E-state index is 0.0325. The summed E-state index contributed by atoms with van der Waals surface area (Å²) in [6, 6.07) is 0. The Kier molecular flexibility index (Phi) is 4.19. The van der Waals surface area contributed by atoms with Gasteiger partial charge in [0.1, 0.15) is 5.69 Å². The highest BCUT2D eigenvalue weighted by Gasteiger charge is 2.26. The van der Waals surface area contributed by atoms with Crippen LogP contribution in [0.25, 0.3) is 0 Å². The van der Waals surface area contributed by atoms with Gasteiger partial charge in [0, 0.05) is 6.54 Å². The van der Waals surface area contributed by atoms with Crippen molar-refractivity contribution in [3.05, 3.63) is 21.1 Å². The molecule has 6 nitrogen and oxygen atoms in total. The molecule has 19 heavy (non-hydrogen) atoms. The van der Waals surface area contributed by atoms with E-state index in [1.54, 1.807) is 6.92 Å². The van der Waals surface area contributed by atoms with E-state index in [9.17, 15) is 10.1 Å². The molecule has 0 amide bonds. The average molecular weight is 285 g/mol. The normalized spacial score (nSPS) is 22.5. The summed E-state index contributed by atoms with van der Waals surface area (Å²) in [4.78, 5) is 18.4. The number of aryl methyl sites for hydroxylation is 1. The van der Waals surface area contributed by atoms with E-state index in [4.69, 9.17) is 11.6 Å². The number of nitrogens with one attached hydrogen (secondary N) is 1. The number of hydrogen-bond acceptors (Lipinski definition) is 5. The summed E-state index contributed by atoms with van der Waals surface area (Å²) in [5.41, 5.74) is 0.196. The highest BCUT2D eigenvalue weighted by molar-refractivity contribution is 6.28. The van der Waals surface area contributed by atoms with Crippen LogP contribution in [0, 0.1) is 28.9 Å². The van der Waals surface area contributed by atoms with E-state index in [0.29, 0.717) is 18.4 Å². The second-order valence-corrected chi connectivity index (χ2v) is 5.42. The first-order valence-electron chi connectivity index (χ1n) is 6.41. The predicted molar refractivity (Wildman–Crippen MR) is 73.4 cm³/mol. The van der Waals surface area contributed by atoms with Crippen molar-refractivity contribution in [2.75, 3.05) is 11.9 Å². The highest BCUT2D eigenvalue weighted by Crippen LogP contribution is 2.32. The molecular formula is C12H17ClN4O2. The van der Waals surface area contributed by atoms with Crippen LogP contribution in [0.2, 0.25) is 5.28 Å². The minimum Gasteiger partial charge on any atom is -0.364 e. The smallest absolute Gasteiger partial charge is 0.332 e. The summed E-state index contributed by atoms with van der Waals surface area (Å²) in [6.07, 6.45) is 3.59. The lowest BCUT2D eigenvalue weighted by Crippen LogP contribution is -2.18. The Hall–Kier alpha value is -1.43. The molecule has 2 atom stereocenters. The van der Waals surface area contributed by atoms with Gasteiger partial charge in [0.05, 0.1) is 4.92 Å². The second kappa shape index (κ2) is 5.69. The summed E-state index contributed by atoms with van der Waals surface area (Å²) in [7, 11) is 0. The Labute approximate surface area is 116 Å². The molecule has 0 aromatic carbocycles. The van der Waals surface area contributed by atoms with Crippen molar-refractivity contribution in [1.82, 2.24) is 9.97 Å². The fraction of sp³-hybridized carbons (Fsp3) is 0.667. The van der Waals surface area contributed by atoms with Crippen molar-refractivity contribution in [3.8, 4) is 0 Å². The molecule has 0 aliphatic heterocycles. The average Bonchev–Trinajstić information content (AvgIpc) is 2.70. The number of aromatic nitrogens is 2. The van der Waals surface area contributed by atoms with Gasteiger partial charge in [0.25, 0.3) is 0 Å². The van der Waals surface area contributed by atoms with E-state index < -0.39 is 4.92 Å². The lowest BCUT2D eigenvalue weighted by Gasteiger charge is -2.16. The third-order valence-electron chi connectivity index (χ3n) is 3.78. The fourth-order valence-corrected chi connectivity index (χ4v) is 2.84. The summed E-state index contributed by atoms with van der Waals surface area (Å²) in [5, 5.41) is 14.2. The van der Waals surface area contributed by atoms with E-state index >= 15 is 0 Å². The largest absolute Gasteiger partial charge is 0.364 e. The Morgan fingerprint density at radius 1 is 1.47 bits per heavy atom. The molecule has 0 radical (unpaired) electrons. The zero-order valence-electron chi connectivity index (χ0n) is 11.0.